The molecular weight excluding hydrogens is 262 g/mol. The van der Waals surface area contributed by atoms with Crippen LogP contribution in [0.4, 0.5) is 0 Å². The van der Waals surface area contributed by atoms with Crippen molar-refractivity contribution in [3.63, 3.8) is 0 Å². The predicted octanol–water partition coefficient (Wildman–Crippen LogP) is 3.35. The van der Waals surface area contributed by atoms with Crippen LogP contribution < -0.4 is 0 Å². The maximum atomic E-state index is 12.2. The van der Waals surface area contributed by atoms with Crippen LogP contribution in [0.3, 0.4) is 0 Å². The van der Waals surface area contributed by atoms with E-state index in [1.54, 1.807) is 0 Å². The first-order valence-electron chi connectivity index (χ1n) is 8.06. The molecule has 1 atom stereocenters. The second kappa shape index (κ2) is 8.18. The molecule has 1 heterocycles. The lowest BCUT2D eigenvalue weighted by Gasteiger charge is -2.25. The van der Waals surface area contributed by atoms with Crippen LogP contribution in [0, 0.1) is 6.92 Å². The molecule has 0 aliphatic carbocycles. The zero-order chi connectivity index (χ0) is 15.1. The number of carbonyl (C=O) groups is 1. The van der Waals surface area contributed by atoms with Crippen molar-refractivity contribution >= 4 is 5.91 Å². The maximum Gasteiger partial charge on any atom is 0.222 e. The molecule has 116 valence electrons. The summed E-state index contributed by atoms with van der Waals surface area (Å²) in [7, 11) is 1.90. The van der Waals surface area contributed by atoms with Crippen LogP contribution in [0.1, 0.15) is 43.2 Å². The quantitative estimate of drug-likeness (QED) is 0.804. The van der Waals surface area contributed by atoms with Crippen LogP contribution >= 0.6 is 0 Å². The average molecular weight is 289 g/mol. The zero-order valence-electron chi connectivity index (χ0n) is 13.3. The first kappa shape index (κ1) is 16.0. The lowest BCUT2D eigenvalue weighted by atomic mass is 10.1. The highest BCUT2D eigenvalue weighted by Gasteiger charge is 2.16. The van der Waals surface area contributed by atoms with Gasteiger partial charge in [-0.3, -0.25) is 4.79 Å². The predicted molar refractivity (Wildman–Crippen MR) is 85.3 cm³/mol. The fraction of sp³-hybridized carbons (Fsp3) is 0.611. The number of hydrogen-bond acceptors (Lipinski definition) is 2. The van der Waals surface area contributed by atoms with Crippen molar-refractivity contribution in [2.75, 3.05) is 20.2 Å². The van der Waals surface area contributed by atoms with Gasteiger partial charge in [-0.25, -0.2) is 0 Å². The summed E-state index contributed by atoms with van der Waals surface area (Å²) in [4.78, 5) is 14.0. The molecule has 0 N–H and O–H groups in total. The summed E-state index contributed by atoms with van der Waals surface area (Å²) in [5.74, 6) is 0.229. The summed E-state index contributed by atoms with van der Waals surface area (Å²) in [6.07, 6.45) is 6.32. The molecule has 3 heteroatoms. The molecule has 0 saturated carbocycles. The lowest BCUT2D eigenvalue weighted by Crippen LogP contribution is -2.31. The van der Waals surface area contributed by atoms with Gasteiger partial charge in [-0.05, 0) is 44.6 Å². The molecule has 1 aromatic rings. The van der Waals surface area contributed by atoms with Gasteiger partial charge in [-0.15, -0.1) is 0 Å². The Morgan fingerprint density at radius 3 is 2.95 bits per heavy atom. The van der Waals surface area contributed by atoms with Crippen molar-refractivity contribution in [1.29, 1.82) is 0 Å². The molecule has 1 saturated heterocycles. The van der Waals surface area contributed by atoms with Crippen molar-refractivity contribution in [3.05, 3.63) is 35.4 Å². The van der Waals surface area contributed by atoms with Crippen molar-refractivity contribution in [3.8, 4) is 0 Å². The Hall–Kier alpha value is -1.35. The number of nitrogens with zero attached hydrogens (tertiary/aromatic N) is 1. The third kappa shape index (κ3) is 5.50. The van der Waals surface area contributed by atoms with Crippen molar-refractivity contribution in [2.24, 2.45) is 0 Å². The Labute approximate surface area is 128 Å². The summed E-state index contributed by atoms with van der Waals surface area (Å²) >= 11 is 0. The highest BCUT2D eigenvalue weighted by Crippen LogP contribution is 2.16. The molecule has 1 fully saturated rings. The minimum atomic E-state index is 0.229. The van der Waals surface area contributed by atoms with Crippen LogP contribution in [0.5, 0.6) is 0 Å². The smallest absolute Gasteiger partial charge is 0.222 e. The van der Waals surface area contributed by atoms with Crippen LogP contribution in [0.25, 0.3) is 0 Å². The maximum absolute atomic E-state index is 12.2. The van der Waals surface area contributed by atoms with E-state index in [1.807, 2.05) is 11.9 Å². The third-order valence-corrected chi connectivity index (χ3v) is 4.20. The third-order valence-electron chi connectivity index (χ3n) is 4.20. The lowest BCUT2D eigenvalue weighted by molar-refractivity contribution is -0.130. The summed E-state index contributed by atoms with van der Waals surface area (Å²) in [6, 6.07) is 8.39. The number of amides is 1. The van der Waals surface area contributed by atoms with E-state index in [-0.39, 0.29) is 5.91 Å². The van der Waals surface area contributed by atoms with Gasteiger partial charge >= 0.3 is 0 Å². The Morgan fingerprint density at radius 2 is 2.24 bits per heavy atom. The molecule has 21 heavy (non-hydrogen) atoms. The number of carbonyl (C=O) groups excluding carboxylic acids is 1. The molecule has 2 rings (SSSR count). The molecule has 0 radical (unpaired) electrons. The average Bonchev–Trinajstić information content (AvgIpc) is 2.51. The van der Waals surface area contributed by atoms with Gasteiger partial charge in [-0.2, -0.15) is 0 Å². The van der Waals surface area contributed by atoms with Crippen molar-refractivity contribution in [1.82, 2.24) is 4.90 Å². The molecule has 0 aromatic heterocycles. The molecule has 1 aliphatic rings. The zero-order valence-corrected chi connectivity index (χ0v) is 13.3. The largest absolute Gasteiger partial charge is 0.378 e. The van der Waals surface area contributed by atoms with E-state index in [9.17, 15) is 4.79 Å². The number of hydrogen-bond donors (Lipinski definition) is 0. The molecule has 1 unspecified atom stereocenters. The molecule has 0 bridgehead atoms. The standard InChI is InChI=1S/C18H27NO2/c1-15-6-5-7-16(14-15)9-10-18(20)19(2)12-11-17-8-3-4-13-21-17/h5-7,14,17H,3-4,8-13H2,1-2H3. The van der Waals surface area contributed by atoms with Crippen LogP contribution in [0.2, 0.25) is 0 Å². The molecular formula is C18H27NO2. The minimum Gasteiger partial charge on any atom is -0.378 e. The van der Waals surface area contributed by atoms with Gasteiger partial charge in [0.15, 0.2) is 0 Å². The van der Waals surface area contributed by atoms with E-state index in [4.69, 9.17) is 4.74 Å². The van der Waals surface area contributed by atoms with Gasteiger partial charge in [-0.1, -0.05) is 29.8 Å². The molecule has 1 amide bonds. The highest BCUT2D eigenvalue weighted by atomic mass is 16.5. The fourth-order valence-corrected chi connectivity index (χ4v) is 2.81. The first-order valence-corrected chi connectivity index (χ1v) is 8.06. The summed E-state index contributed by atoms with van der Waals surface area (Å²) in [5, 5.41) is 0. The van der Waals surface area contributed by atoms with Crippen molar-refractivity contribution < 1.29 is 9.53 Å². The summed E-state index contributed by atoms with van der Waals surface area (Å²) in [5.41, 5.74) is 2.50. The number of aryl methyl sites for hydroxylation is 2. The van der Waals surface area contributed by atoms with E-state index in [0.717, 1.165) is 32.4 Å². The molecule has 1 aliphatic heterocycles. The van der Waals surface area contributed by atoms with Crippen LogP contribution in [-0.2, 0) is 16.0 Å². The Morgan fingerprint density at radius 1 is 1.38 bits per heavy atom. The van der Waals surface area contributed by atoms with Gasteiger partial charge < -0.3 is 9.64 Å². The molecule has 3 nitrogen and oxygen atoms in total. The summed E-state index contributed by atoms with van der Waals surface area (Å²) < 4.78 is 5.71. The van der Waals surface area contributed by atoms with Crippen LogP contribution in [0.15, 0.2) is 24.3 Å². The normalized spacial score (nSPS) is 18.5. The second-order valence-corrected chi connectivity index (χ2v) is 6.08. The minimum absolute atomic E-state index is 0.229. The SMILES string of the molecule is Cc1cccc(CCC(=O)N(C)CCC2CCCCO2)c1. The topological polar surface area (TPSA) is 29.5 Å². The molecule has 0 spiro atoms. The van der Waals surface area contributed by atoms with E-state index in [2.05, 4.69) is 31.2 Å². The Bertz CT molecular complexity index is 452. The number of rotatable bonds is 6. The van der Waals surface area contributed by atoms with Gasteiger partial charge in [0, 0.05) is 26.6 Å². The number of benzene rings is 1. The van der Waals surface area contributed by atoms with Gasteiger partial charge in [0.25, 0.3) is 0 Å². The van der Waals surface area contributed by atoms with Gasteiger partial charge in [0.05, 0.1) is 6.10 Å². The van der Waals surface area contributed by atoms with E-state index >= 15 is 0 Å². The molecule has 1 aromatic carbocycles. The second-order valence-electron chi connectivity index (χ2n) is 6.08. The monoisotopic (exact) mass is 289 g/mol. The number of ether oxygens (including phenoxy) is 1. The van der Waals surface area contributed by atoms with Crippen molar-refractivity contribution in [2.45, 2.75) is 51.6 Å². The van der Waals surface area contributed by atoms with Gasteiger partial charge in [0.2, 0.25) is 5.91 Å². The van der Waals surface area contributed by atoms with E-state index in [0.29, 0.717) is 12.5 Å². The fourth-order valence-electron chi connectivity index (χ4n) is 2.81. The van der Waals surface area contributed by atoms with Gasteiger partial charge in [0.1, 0.15) is 0 Å². The highest BCUT2D eigenvalue weighted by molar-refractivity contribution is 5.76. The van der Waals surface area contributed by atoms with E-state index in [1.165, 1.54) is 24.0 Å². The Balaban J connectivity index is 1.69. The van der Waals surface area contributed by atoms with Crippen LogP contribution in [-0.4, -0.2) is 37.1 Å². The Kier molecular flexibility index (Phi) is 6.24. The van der Waals surface area contributed by atoms with E-state index < -0.39 is 0 Å². The summed E-state index contributed by atoms with van der Waals surface area (Å²) in [6.45, 7) is 3.77. The first-order chi connectivity index (χ1) is 10.1.